The summed E-state index contributed by atoms with van der Waals surface area (Å²) < 4.78 is 1.18. The molecular formula is C9H11IN2O2. The van der Waals surface area contributed by atoms with Crippen LogP contribution in [0.5, 0.6) is 0 Å². The van der Waals surface area contributed by atoms with Crippen LogP contribution >= 0.6 is 22.6 Å². The summed E-state index contributed by atoms with van der Waals surface area (Å²) in [7, 11) is 0. The highest BCUT2D eigenvalue weighted by molar-refractivity contribution is 14.1. The standard InChI is InChI=1S/C9H11IN2O2/c10-8-3-1-7(2-4-8)5-12-14-6-9(11)13/h1-4,12H,5-6H2,(H2,11,13). The third-order valence-electron chi connectivity index (χ3n) is 1.51. The summed E-state index contributed by atoms with van der Waals surface area (Å²) in [4.78, 5) is 15.1. The smallest absolute Gasteiger partial charge is 0.245 e. The molecule has 0 aliphatic heterocycles. The van der Waals surface area contributed by atoms with E-state index in [4.69, 9.17) is 10.6 Å². The Bertz CT molecular complexity index is 300. The van der Waals surface area contributed by atoms with Crippen LogP contribution < -0.4 is 11.2 Å². The lowest BCUT2D eigenvalue weighted by Crippen LogP contribution is -2.24. The van der Waals surface area contributed by atoms with Gasteiger partial charge in [0.05, 0.1) is 0 Å². The summed E-state index contributed by atoms with van der Waals surface area (Å²) in [5, 5.41) is 0. The SMILES string of the molecule is NC(=O)CONCc1ccc(I)cc1. The number of carbonyl (C=O) groups is 1. The summed E-state index contributed by atoms with van der Waals surface area (Å²) in [6, 6.07) is 7.99. The van der Waals surface area contributed by atoms with Crippen molar-refractivity contribution >= 4 is 28.5 Å². The summed E-state index contributed by atoms with van der Waals surface area (Å²) in [5.74, 6) is -0.486. The molecule has 1 aromatic carbocycles. The average Bonchev–Trinajstić information content (AvgIpc) is 2.15. The molecule has 0 saturated carbocycles. The molecule has 0 radical (unpaired) electrons. The molecule has 0 saturated heterocycles. The first-order valence-electron chi connectivity index (χ1n) is 4.06. The number of rotatable bonds is 5. The van der Waals surface area contributed by atoms with E-state index in [1.165, 1.54) is 3.57 Å². The van der Waals surface area contributed by atoms with Crippen LogP contribution in [0.3, 0.4) is 0 Å². The quantitative estimate of drug-likeness (QED) is 0.480. The van der Waals surface area contributed by atoms with E-state index in [1.54, 1.807) is 0 Å². The van der Waals surface area contributed by atoms with Crippen molar-refractivity contribution in [1.82, 2.24) is 5.48 Å². The van der Waals surface area contributed by atoms with Crippen molar-refractivity contribution < 1.29 is 9.63 Å². The number of nitrogens with two attached hydrogens (primary N) is 1. The van der Waals surface area contributed by atoms with E-state index < -0.39 is 5.91 Å². The van der Waals surface area contributed by atoms with Crippen molar-refractivity contribution in [2.75, 3.05) is 6.61 Å². The lowest BCUT2D eigenvalue weighted by molar-refractivity contribution is -0.125. The zero-order valence-corrected chi connectivity index (χ0v) is 9.65. The van der Waals surface area contributed by atoms with E-state index >= 15 is 0 Å². The van der Waals surface area contributed by atoms with Crippen LogP contribution in [0.1, 0.15) is 5.56 Å². The Morgan fingerprint density at radius 2 is 2.07 bits per heavy atom. The Morgan fingerprint density at radius 1 is 1.43 bits per heavy atom. The van der Waals surface area contributed by atoms with Crippen molar-refractivity contribution in [3.63, 3.8) is 0 Å². The van der Waals surface area contributed by atoms with Crippen molar-refractivity contribution in [2.45, 2.75) is 6.54 Å². The highest BCUT2D eigenvalue weighted by Gasteiger charge is 1.95. The molecule has 1 rings (SSSR count). The number of hydroxylamine groups is 1. The highest BCUT2D eigenvalue weighted by Crippen LogP contribution is 2.06. The van der Waals surface area contributed by atoms with E-state index in [0.29, 0.717) is 6.54 Å². The summed E-state index contributed by atoms with van der Waals surface area (Å²) in [6.45, 7) is 0.453. The predicted octanol–water partition coefficient (Wildman–Crippen LogP) is 0.798. The second-order valence-electron chi connectivity index (χ2n) is 2.70. The van der Waals surface area contributed by atoms with Crippen molar-refractivity contribution in [1.29, 1.82) is 0 Å². The van der Waals surface area contributed by atoms with E-state index in [2.05, 4.69) is 28.1 Å². The molecule has 0 aliphatic carbocycles. The second-order valence-corrected chi connectivity index (χ2v) is 3.95. The topological polar surface area (TPSA) is 64.4 Å². The van der Waals surface area contributed by atoms with Crippen molar-refractivity contribution in [3.05, 3.63) is 33.4 Å². The maximum atomic E-state index is 10.3. The zero-order valence-electron chi connectivity index (χ0n) is 7.50. The molecule has 76 valence electrons. The van der Waals surface area contributed by atoms with Gasteiger partial charge in [0.15, 0.2) is 0 Å². The van der Waals surface area contributed by atoms with Crippen LogP contribution in [0.25, 0.3) is 0 Å². The molecule has 5 heteroatoms. The fourth-order valence-electron chi connectivity index (χ4n) is 0.859. The number of halogens is 1. The molecule has 0 bridgehead atoms. The van der Waals surface area contributed by atoms with Gasteiger partial charge in [-0.1, -0.05) is 12.1 Å². The molecule has 0 heterocycles. The predicted molar refractivity (Wildman–Crippen MR) is 61.1 cm³/mol. The normalized spacial score (nSPS) is 10.1. The Kier molecular flexibility index (Phi) is 4.85. The van der Waals surface area contributed by atoms with Gasteiger partial charge in [0.2, 0.25) is 5.91 Å². The summed E-state index contributed by atoms with van der Waals surface area (Å²) in [5.41, 5.74) is 8.63. The number of hydrogen-bond donors (Lipinski definition) is 2. The van der Waals surface area contributed by atoms with E-state index in [-0.39, 0.29) is 6.61 Å². The number of benzene rings is 1. The molecular weight excluding hydrogens is 295 g/mol. The lowest BCUT2D eigenvalue weighted by Gasteiger charge is -2.03. The third kappa shape index (κ3) is 4.54. The van der Waals surface area contributed by atoms with Gasteiger partial charge in [-0.3, -0.25) is 9.63 Å². The first-order valence-corrected chi connectivity index (χ1v) is 5.14. The molecule has 1 amide bonds. The van der Waals surface area contributed by atoms with Crippen LogP contribution in [0, 0.1) is 3.57 Å². The molecule has 0 aromatic heterocycles. The minimum absolute atomic E-state index is 0.107. The highest BCUT2D eigenvalue weighted by atomic mass is 127. The Labute approximate surface area is 95.9 Å². The van der Waals surface area contributed by atoms with Crippen molar-refractivity contribution in [3.8, 4) is 0 Å². The number of hydrogen-bond acceptors (Lipinski definition) is 3. The van der Waals surface area contributed by atoms with Gasteiger partial charge in [-0.25, -0.2) is 0 Å². The summed E-state index contributed by atoms with van der Waals surface area (Å²) in [6.07, 6.45) is 0. The Hall–Kier alpha value is -0.660. The molecule has 4 nitrogen and oxygen atoms in total. The van der Waals surface area contributed by atoms with E-state index in [1.807, 2.05) is 24.3 Å². The zero-order chi connectivity index (χ0) is 10.4. The number of primary amides is 1. The van der Waals surface area contributed by atoms with Gasteiger partial charge >= 0.3 is 0 Å². The molecule has 0 spiro atoms. The van der Waals surface area contributed by atoms with Gasteiger partial charge in [0.1, 0.15) is 6.61 Å². The van der Waals surface area contributed by atoms with Crippen LogP contribution in [-0.4, -0.2) is 12.5 Å². The molecule has 3 N–H and O–H groups in total. The lowest BCUT2D eigenvalue weighted by atomic mass is 10.2. The average molecular weight is 306 g/mol. The number of carbonyl (C=O) groups excluding carboxylic acids is 1. The van der Waals surface area contributed by atoms with Crippen LogP contribution in [0.4, 0.5) is 0 Å². The number of amides is 1. The minimum atomic E-state index is -0.486. The Morgan fingerprint density at radius 3 is 2.64 bits per heavy atom. The van der Waals surface area contributed by atoms with E-state index in [9.17, 15) is 4.79 Å². The summed E-state index contributed by atoms with van der Waals surface area (Å²) >= 11 is 2.24. The van der Waals surface area contributed by atoms with Gasteiger partial charge in [0, 0.05) is 10.1 Å². The molecule has 14 heavy (non-hydrogen) atoms. The van der Waals surface area contributed by atoms with Crippen LogP contribution in [0.2, 0.25) is 0 Å². The van der Waals surface area contributed by atoms with Gasteiger partial charge in [-0.05, 0) is 40.3 Å². The van der Waals surface area contributed by atoms with Crippen LogP contribution in [-0.2, 0) is 16.2 Å². The fourth-order valence-corrected chi connectivity index (χ4v) is 1.22. The second kappa shape index (κ2) is 5.94. The third-order valence-corrected chi connectivity index (χ3v) is 2.23. The molecule has 0 aliphatic rings. The van der Waals surface area contributed by atoms with Gasteiger partial charge in [-0.15, -0.1) is 0 Å². The maximum absolute atomic E-state index is 10.3. The minimum Gasteiger partial charge on any atom is -0.368 e. The monoisotopic (exact) mass is 306 g/mol. The molecule has 0 unspecified atom stereocenters. The Balaban J connectivity index is 2.25. The molecule has 0 fully saturated rings. The number of nitrogens with one attached hydrogen (secondary N) is 1. The van der Waals surface area contributed by atoms with Gasteiger partial charge in [0.25, 0.3) is 0 Å². The first kappa shape index (κ1) is 11.4. The van der Waals surface area contributed by atoms with Crippen molar-refractivity contribution in [2.24, 2.45) is 5.73 Å². The maximum Gasteiger partial charge on any atom is 0.245 e. The van der Waals surface area contributed by atoms with Gasteiger partial charge < -0.3 is 5.73 Å². The molecule has 1 aromatic rings. The molecule has 0 atom stereocenters. The first-order chi connectivity index (χ1) is 6.68. The van der Waals surface area contributed by atoms with E-state index in [0.717, 1.165) is 5.56 Å². The van der Waals surface area contributed by atoms with Crippen LogP contribution in [0.15, 0.2) is 24.3 Å². The van der Waals surface area contributed by atoms with Gasteiger partial charge in [-0.2, -0.15) is 5.48 Å². The fraction of sp³-hybridized carbons (Fsp3) is 0.222. The largest absolute Gasteiger partial charge is 0.368 e.